The van der Waals surface area contributed by atoms with Gasteiger partial charge >= 0.3 is 0 Å². The highest BCUT2D eigenvalue weighted by Gasteiger charge is 2.23. The van der Waals surface area contributed by atoms with Crippen molar-refractivity contribution < 1.29 is 13.9 Å². The van der Waals surface area contributed by atoms with Gasteiger partial charge in [-0.1, -0.05) is 13.8 Å². The maximum absolute atomic E-state index is 12.4. The molecule has 1 amide bonds. The molecular formula is C17H28N2O3. The first kappa shape index (κ1) is 17.0. The Morgan fingerprint density at radius 3 is 2.64 bits per heavy atom. The van der Waals surface area contributed by atoms with E-state index >= 15 is 0 Å². The molecule has 1 aliphatic rings. The summed E-state index contributed by atoms with van der Waals surface area (Å²) < 4.78 is 11.3. The quantitative estimate of drug-likeness (QED) is 0.907. The number of aryl methyl sites for hydroxylation is 2. The van der Waals surface area contributed by atoms with Crippen LogP contribution in [0.4, 0.5) is 0 Å². The van der Waals surface area contributed by atoms with Gasteiger partial charge in [0.1, 0.15) is 11.5 Å². The van der Waals surface area contributed by atoms with E-state index in [2.05, 4.69) is 24.1 Å². The zero-order valence-corrected chi connectivity index (χ0v) is 14.4. The SMILES string of the molecule is Cc1oc(C)c(C(=O)NC[C@@H]2CN(CC(C)C)CCO2)c1C. The summed E-state index contributed by atoms with van der Waals surface area (Å²) in [6, 6.07) is 0. The molecule has 0 spiro atoms. The average Bonchev–Trinajstić information content (AvgIpc) is 2.69. The summed E-state index contributed by atoms with van der Waals surface area (Å²) in [5.41, 5.74) is 1.58. The van der Waals surface area contributed by atoms with Gasteiger partial charge < -0.3 is 14.5 Å². The van der Waals surface area contributed by atoms with E-state index in [4.69, 9.17) is 9.15 Å². The van der Waals surface area contributed by atoms with E-state index in [0.717, 1.165) is 37.6 Å². The molecule has 1 aromatic rings. The third kappa shape index (κ3) is 4.11. The molecule has 0 aromatic carbocycles. The second-order valence-corrected chi connectivity index (χ2v) is 6.57. The lowest BCUT2D eigenvalue weighted by Gasteiger charge is -2.33. The molecule has 1 aliphatic heterocycles. The molecule has 22 heavy (non-hydrogen) atoms. The summed E-state index contributed by atoms with van der Waals surface area (Å²) in [5, 5.41) is 2.99. The number of nitrogens with zero attached hydrogens (tertiary/aromatic N) is 1. The van der Waals surface area contributed by atoms with Crippen LogP contribution in [0.3, 0.4) is 0 Å². The van der Waals surface area contributed by atoms with Gasteiger partial charge in [-0.25, -0.2) is 0 Å². The van der Waals surface area contributed by atoms with Crippen molar-refractivity contribution >= 4 is 5.91 Å². The van der Waals surface area contributed by atoms with Crippen molar-refractivity contribution in [3.63, 3.8) is 0 Å². The van der Waals surface area contributed by atoms with Crippen LogP contribution in [0.15, 0.2) is 4.42 Å². The van der Waals surface area contributed by atoms with Crippen LogP contribution >= 0.6 is 0 Å². The van der Waals surface area contributed by atoms with Crippen molar-refractivity contribution in [3.05, 3.63) is 22.6 Å². The van der Waals surface area contributed by atoms with Crippen LogP contribution < -0.4 is 5.32 Å². The summed E-state index contributed by atoms with van der Waals surface area (Å²) in [6.07, 6.45) is 0.0602. The first-order chi connectivity index (χ1) is 10.4. The van der Waals surface area contributed by atoms with Gasteiger partial charge in [0.15, 0.2) is 0 Å². The second kappa shape index (κ2) is 7.29. The molecule has 2 rings (SSSR count). The Morgan fingerprint density at radius 1 is 1.32 bits per heavy atom. The first-order valence-corrected chi connectivity index (χ1v) is 8.07. The number of nitrogens with one attached hydrogen (secondary N) is 1. The van der Waals surface area contributed by atoms with E-state index < -0.39 is 0 Å². The van der Waals surface area contributed by atoms with E-state index in [1.807, 2.05) is 20.8 Å². The van der Waals surface area contributed by atoms with Crippen molar-refractivity contribution in [2.24, 2.45) is 5.92 Å². The number of furan rings is 1. The van der Waals surface area contributed by atoms with Crippen LogP contribution in [0.2, 0.25) is 0 Å². The van der Waals surface area contributed by atoms with Crippen LogP contribution in [0.5, 0.6) is 0 Å². The number of rotatable bonds is 5. The minimum absolute atomic E-state index is 0.0602. The van der Waals surface area contributed by atoms with Crippen LogP contribution in [0, 0.1) is 26.7 Å². The Morgan fingerprint density at radius 2 is 2.05 bits per heavy atom. The van der Waals surface area contributed by atoms with Crippen LogP contribution in [0.1, 0.15) is 41.3 Å². The molecule has 0 radical (unpaired) electrons. The van der Waals surface area contributed by atoms with Gasteiger partial charge in [-0.05, 0) is 26.7 Å². The topological polar surface area (TPSA) is 54.7 Å². The number of amides is 1. The largest absolute Gasteiger partial charge is 0.466 e. The molecular weight excluding hydrogens is 280 g/mol. The monoisotopic (exact) mass is 308 g/mol. The van der Waals surface area contributed by atoms with Gasteiger partial charge in [-0.15, -0.1) is 0 Å². The molecule has 1 aromatic heterocycles. The van der Waals surface area contributed by atoms with E-state index in [-0.39, 0.29) is 12.0 Å². The normalized spacial score (nSPS) is 19.6. The molecule has 1 N–H and O–H groups in total. The molecule has 2 heterocycles. The Hall–Kier alpha value is -1.33. The number of morpholine rings is 1. The molecule has 1 saturated heterocycles. The van der Waals surface area contributed by atoms with Gasteiger partial charge in [0, 0.05) is 31.7 Å². The third-order valence-electron chi connectivity index (χ3n) is 4.12. The number of hydrogen-bond acceptors (Lipinski definition) is 4. The molecule has 5 heteroatoms. The average molecular weight is 308 g/mol. The molecule has 0 aliphatic carbocycles. The Labute approximate surface area is 133 Å². The first-order valence-electron chi connectivity index (χ1n) is 8.07. The molecule has 5 nitrogen and oxygen atoms in total. The van der Waals surface area contributed by atoms with Gasteiger partial charge in [0.05, 0.1) is 18.3 Å². The van der Waals surface area contributed by atoms with E-state index in [0.29, 0.717) is 23.8 Å². The fourth-order valence-electron chi connectivity index (χ4n) is 3.01. The minimum atomic E-state index is -0.0727. The Balaban J connectivity index is 1.88. The zero-order valence-electron chi connectivity index (χ0n) is 14.4. The summed E-state index contributed by atoms with van der Waals surface area (Å²) in [6.45, 7) is 14.3. The van der Waals surface area contributed by atoms with E-state index in [1.165, 1.54) is 0 Å². The van der Waals surface area contributed by atoms with Crippen molar-refractivity contribution in [1.29, 1.82) is 0 Å². The van der Waals surface area contributed by atoms with Gasteiger partial charge in [0.25, 0.3) is 5.91 Å². The maximum Gasteiger partial charge on any atom is 0.255 e. The van der Waals surface area contributed by atoms with E-state index in [9.17, 15) is 4.79 Å². The molecule has 0 saturated carbocycles. The smallest absolute Gasteiger partial charge is 0.255 e. The van der Waals surface area contributed by atoms with Crippen molar-refractivity contribution in [2.45, 2.75) is 40.7 Å². The Kier molecular flexibility index (Phi) is 5.64. The number of ether oxygens (including phenoxy) is 1. The van der Waals surface area contributed by atoms with Gasteiger partial charge in [0.2, 0.25) is 0 Å². The molecule has 1 atom stereocenters. The summed E-state index contributed by atoms with van der Waals surface area (Å²) in [5.74, 6) is 2.06. The lowest BCUT2D eigenvalue weighted by atomic mass is 10.1. The van der Waals surface area contributed by atoms with Crippen molar-refractivity contribution in [1.82, 2.24) is 10.2 Å². The van der Waals surface area contributed by atoms with Crippen LogP contribution in [-0.2, 0) is 4.74 Å². The number of hydrogen-bond donors (Lipinski definition) is 1. The molecule has 124 valence electrons. The summed E-state index contributed by atoms with van der Waals surface area (Å²) >= 11 is 0. The minimum Gasteiger partial charge on any atom is -0.466 e. The van der Waals surface area contributed by atoms with Crippen LogP contribution in [0.25, 0.3) is 0 Å². The third-order valence-corrected chi connectivity index (χ3v) is 4.12. The lowest BCUT2D eigenvalue weighted by molar-refractivity contribution is -0.0295. The summed E-state index contributed by atoms with van der Waals surface area (Å²) in [7, 11) is 0. The number of carbonyl (C=O) groups is 1. The fraction of sp³-hybridized carbons (Fsp3) is 0.706. The molecule has 0 bridgehead atoms. The second-order valence-electron chi connectivity index (χ2n) is 6.57. The maximum atomic E-state index is 12.4. The predicted molar refractivity (Wildman–Crippen MR) is 86.3 cm³/mol. The van der Waals surface area contributed by atoms with Crippen molar-refractivity contribution in [2.75, 3.05) is 32.8 Å². The standard InChI is InChI=1S/C17H28N2O3/c1-11(2)9-19-6-7-21-15(10-19)8-18-17(20)16-12(3)13(4)22-14(16)5/h11,15H,6-10H2,1-5H3,(H,18,20)/t15-/m1/s1. The number of carbonyl (C=O) groups excluding carboxylic acids is 1. The van der Waals surface area contributed by atoms with Gasteiger partial charge in [-0.3, -0.25) is 9.69 Å². The van der Waals surface area contributed by atoms with Crippen molar-refractivity contribution in [3.8, 4) is 0 Å². The van der Waals surface area contributed by atoms with Gasteiger partial charge in [-0.2, -0.15) is 0 Å². The molecule has 1 fully saturated rings. The summed E-state index contributed by atoms with van der Waals surface area (Å²) in [4.78, 5) is 14.8. The highest BCUT2D eigenvalue weighted by molar-refractivity contribution is 5.96. The zero-order chi connectivity index (χ0) is 16.3. The highest BCUT2D eigenvalue weighted by Crippen LogP contribution is 2.20. The van der Waals surface area contributed by atoms with Crippen LogP contribution in [-0.4, -0.2) is 49.7 Å². The predicted octanol–water partition coefficient (Wildman–Crippen LogP) is 2.29. The lowest BCUT2D eigenvalue weighted by Crippen LogP contribution is -2.48. The fourth-order valence-corrected chi connectivity index (χ4v) is 3.01. The van der Waals surface area contributed by atoms with E-state index in [1.54, 1.807) is 0 Å². The Bertz CT molecular complexity index is 522. The molecule has 0 unspecified atom stereocenters. The highest BCUT2D eigenvalue weighted by atomic mass is 16.5.